The van der Waals surface area contributed by atoms with Crippen molar-refractivity contribution in [1.82, 2.24) is 4.98 Å². The zero-order valence-electron chi connectivity index (χ0n) is 14.8. The van der Waals surface area contributed by atoms with Crippen LogP contribution in [0.1, 0.15) is 38.8 Å². The number of rotatable bonds is 1. The van der Waals surface area contributed by atoms with E-state index in [9.17, 15) is 0 Å². The Labute approximate surface area is 144 Å². The van der Waals surface area contributed by atoms with Gasteiger partial charge in [-0.25, -0.2) is 0 Å². The summed E-state index contributed by atoms with van der Waals surface area (Å²) in [5.74, 6) is 0. The first-order chi connectivity index (χ1) is 11.4. The molecule has 1 aromatic heterocycles. The van der Waals surface area contributed by atoms with Gasteiger partial charge >= 0.3 is 0 Å². The molecule has 3 aromatic rings. The van der Waals surface area contributed by atoms with Gasteiger partial charge in [-0.05, 0) is 33.7 Å². The molecule has 1 aliphatic carbocycles. The lowest BCUT2D eigenvalue weighted by atomic mass is 9.55. The summed E-state index contributed by atoms with van der Waals surface area (Å²) in [7, 11) is 0. The fourth-order valence-electron chi connectivity index (χ4n) is 4.04. The lowest BCUT2D eigenvalue weighted by Gasteiger charge is -2.48. The van der Waals surface area contributed by atoms with Gasteiger partial charge in [-0.1, -0.05) is 82.3 Å². The minimum absolute atomic E-state index is 0.0177. The number of benzene rings is 2. The van der Waals surface area contributed by atoms with Crippen LogP contribution in [0.4, 0.5) is 0 Å². The highest BCUT2D eigenvalue weighted by Gasteiger charge is 2.47. The van der Waals surface area contributed by atoms with Crippen LogP contribution in [0.2, 0.25) is 0 Å². The normalized spacial score (nSPS) is 17.0. The summed E-state index contributed by atoms with van der Waals surface area (Å²) >= 11 is 0. The van der Waals surface area contributed by atoms with Crippen LogP contribution in [0.25, 0.3) is 22.4 Å². The molecule has 24 heavy (non-hydrogen) atoms. The van der Waals surface area contributed by atoms with Crippen LogP contribution in [0.5, 0.6) is 0 Å². The Hall–Kier alpha value is -2.41. The second kappa shape index (κ2) is 5.04. The van der Waals surface area contributed by atoms with Gasteiger partial charge in [0.05, 0.1) is 5.69 Å². The van der Waals surface area contributed by atoms with Crippen LogP contribution in [0, 0.1) is 0 Å². The third-order valence-corrected chi connectivity index (χ3v) is 6.08. The van der Waals surface area contributed by atoms with E-state index in [0.717, 1.165) is 5.69 Å². The molecular weight excluding hydrogens is 290 g/mol. The molecule has 2 aromatic carbocycles. The number of fused-ring (bicyclic) bond motifs is 3. The molecule has 0 bridgehead atoms. The van der Waals surface area contributed by atoms with Crippen molar-refractivity contribution in [2.45, 2.75) is 38.5 Å². The number of hydrogen-bond acceptors (Lipinski definition) is 1. The highest BCUT2D eigenvalue weighted by molar-refractivity contribution is 5.82. The van der Waals surface area contributed by atoms with Crippen LogP contribution in [0.3, 0.4) is 0 Å². The topological polar surface area (TPSA) is 12.9 Å². The van der Waals surface area contributed by atoms with Crippen LogP contribution in [-0.2, 0) is 10.8 Å². The Morgan fingerprint density at radius 1 is 0.667 bits per heavy atom. The summed E-state index contributed by atoms with van der Waals surface area (Å²) in [5, 5.41) is 0. The van der Waals surface area contributed by atoms with Crippen LogP contribution in [0.15, 0.2) is 66.9 Å². The maximum Gasteiger partial charge on any atom is 0.0748 e. The third-order valence-electron chi connectivity index (χ3n) is 6.08. The van der Waals surface area contributed by atoms with Crippen molar-refractivity contribution < 1.29 is 0 Å². The van der Waals surface area contributed by atoms with Gasteiger partial charge in [0.1, 0.15) is 0 Å². The first-order valence-electron chi connectivity index (χ1n) is 8.59. The Morgan fingerprint density at radius 3 is 2.08 bits per heavy atom. The second-order valence-electron chi connectivity index (χ2n) is 7.74. The van der Waals surface area contributed by atoms with E-state index in [4.69, 9.17) is 4.98 Å². The van der Waals surface area contributed by atoms with Crippen molar-refractivity contribution in [3.05, 3.63) is 78.0 Å². The first-order valence-corrected chi connectivity index (χ1v) is 8.59. The van der Waals surface area contributed by atoms with E-state index in [2.05, 4.69) is 88.4 Å². The summed E-state index contributed by atoms with van der Waals surface area (Å²) in [6, 6.07) is 21.6. The molecule has 4 rings (SSSR count). The van der Waals surface area contributed by atoms with Crippen molar-refractivity contribution in [1.29, 1.82) is 0 Å². The number of hydrogen-bond donors (Lipinski definition) is 0. The largest absolute Gasteiger partial charge is 0.256 e. The zero-order valence-corrected chi connectivity index (χ0v) is 14.8. The monoisotopic (exact) mass is 313 g/mol. The number of nitrogens with zero attached hydrogens (tertiary/aromatic N) is 1. The molecule has 0 spiro atoms. The third kappa shape index (κ3) is 1.91. The summed E-state index contributed by atoms with van der Waals surface area (Å²) in [5.41, 5.74) is 7.73. The number of aromatic nitrogens is 1. The molecule has 1 heteroatoms. The van der Waals surface area contributed by atoms with Gasteiger partial charge in [-0.2, -0.15) is 0 Å². The lowest BCUT2D eigenvalue weighted by molar-refractivity contribution is 0.299. The van der Waals surface area contributed by atoms with Crippen molar-refractivity contribution >= 4 is 0 Å². The average Bonchev–Trinajstić information content (AvgIpc) is 2.61. The molecule has 0 unspecified atom stereocenters. The molecule has 0 N–H and O–H groups in total. The molecular formula is C23H23N. The summed E-state index contributed by atoms with van der Waals surface area (Å²) in [6.45, 7) is 9.43. The van der Waals surface area contributed by atoms with Gasteiger partial charge in [0.2, 0.25) is 0 Å². The fourth-order valence-corrected chi connectivity index (χ4v) is 4.04. The highest BCUT2D eigenvalue weighted by atomic mass is 14.7. The van der Waals surface area contributed by atoms with E-state index >= 15 is 0 Å². The molecule has 0 fully saturated rings. The number of pyridine rings is 1. The van der Waals surface area contributed by atoms with Gasteiger partial charge in [0.15, 0.2) is 0 Å². The first kappa shape index (κ1) is 15.1. The van der Waals surface area contributed by atoms with E-state index in [0.29, 0.717) is 0 Å². The van der Waals surface area contributed by atoms with Crippen molar-refractivity contribution in [2.75, 3.05) is 0 Å². The summed E-state index contributed by atoms with van der Waals surface area (Å²) < 4.78 is 0. The quantitative estimate of drug-likeness (QED) is 0.538. The maximum absolute atomic E-state index is 4.81. The highest BCUT2D eigenvalue weighted by Crippen LogP contribution is 2.55. The Bertz CT molecular complexity index is 890. The predicted octanol–water partition coefficient (Wildman–Crippen LogP) is 5.98. The Balaban J connectivity index is 2.12. The minimum atomic E-state index is -0.0177. The lowest BCUT2D eigenvalue weighted by Crippen LogP contribution is -2.44. The molecule has 120 valence electrons. The molecule has 0 saturated carbocycles. The molecule has 1 nitrogen and oxygen atoms in total. The SMILES string of the molecule is CC1(C)c2ccccc2-c2nccc(-c3ccccc3)c2C1(C)C. The maximum atomic E-state index is 4.81. The van der Waals surface area contributed by atoms with Crippen LogP contribution < -0.4 is 0 Å². The van der Waals surface area contributed by atoms with E-state index in [1.807, 2.05) is 6.20 Å². The van der Waals surface area contributed by atoms with E-state index in [1.54, 1.807) is 0 Å². The smallest absolute Gasteiger partial charge is 0.0748 e. The molecule has 0 radical (unpaired) electrons. The van der Waals surface area contributed by atoms with E-state index in [1.165, 1.54) is 27.8 Å². The Morgan fingerprint density at radius 2 is 1.33 bits per heavy atom. The van der Waals surface area contributed by atoms with Crippen LogP contribution in [-0.4, -0.2) is 4.98 Å². The van der Waals surface area contributed by atoms with E-state index in [-0.39, 0.29) is 10.8 Å². The summed E-state index contributed by atoms with van der Waals surface area (Å²) in [4.78, 5) is 4.81. The Kier molecular flexibility index (Phi) is 3.18. The van der Waals surface area contributed by atoms with Gasteiger partial charge < -0.3 is 0 Å². The minimum Gasteiger partial charge on any atom is -0.256 e. The van der Waals surface area contributed by atoms with Gasteiger partial charge in [-0.15, -0.1) is 0 Å². The molecule has 0 amide bonds. The van der Waals surface area contributed by atoms with E-state index < -0.39 is 0 Å². The molecule has 0 saturated heterocycles. The molecule has 1 aliphatic rings. The van der Waals surface area contributed by atoms with Crippen molar-refractivity contribution in [2.24, 2.45) is 0 Å². The zero-order chi connectivity index (χ0) is 16.9. The van der Waals surface area contributed by atoms with Gasteiger partial charge in [0.25, 0.3) is 0 Å². The van der Waals surface area contributed by atoms with Crippen LogP contribution >= 0.6 is 0 Å². The van der Waals surface area contributed by atoms with Gasteiger partial charge in [-0.3, -0.25) is 4.98 Å². The van der Waals surface area contributed by atoms with Crippen molar-refractivity contribution in [3.8, 4) is 22.4 Å². The molecule has 0 atom stereocenters. The molecule has 0 aliphatic heterocycles. The summed E-state index contributed by atoms with van der Waals surface area (Å²) in [6.07, 6.45) is 1.95. The molecule has 1 heterocycles. The predicted molar refractivity (Wildman–Crippen MR) is 101 cm³/mol. The fraction of sp³-hybridized carbons (Fsp3) is 0.261. The van der Waals surface area contributed by atoms with Crippen molar-refractivity contribution in [3.63, 3.8) is 0 Å². The average molecular weight is 313 g/mol. The van der Waals surface area contributed by atoms with Gasteiger partial charge in [0, 0.05) is 17.2 Å². The standard InChI is InChI=1S/C23H23N/c1-22(2)19-13-9-8-12-18(19)21-20(23(22,3)4)17(14-15-24-21)16-10-6-5-7-11-16/h5-15H,1-4H3. The second-order valence-corrected chi connectivity index (χ2v) is 7.74.